The molecule has 0 radical (unpaired) electrons. The Morgan fingerprint density at radius 3 is 2.58 bits per heavy atom. The van der Waals surface area contributed by atoms with Crippen LogP contribution in [0.15, 0.2) is 54.6 Å². The van der Waals surface area contributed by atoms with Gasteiger partial charge in [0.2, 0.25) is 0 Å². The van der Waals surface area contributed by atoms with Crippen LogP contribution in [0.1, 0.15) is 68.3 Å². The van der Waals surface area contributed by atoms with Crippen molar-refractivity contribution in [2.45, 2.75) is 69.4 Å². The summed E-state index contributed by atoms with van der Waals surface area (Å²) in [6.45, 7) is 7.88. The van der Waals surface area contributed by atoms with Crippen LogP contribution in [-0.2, 0) is 5.41 Å². The number of carbonyl (C=O) groups is 1. The first-order chi connectivity index (χ1) is 17.3. The number of amides is 1. The van der Waals surface area contributed by atoms with Crippen LogP contribution in [0.2, 0.25) is 0 Å². The van der Waals surface area contributed by atoms with Crippen molar-refractivity contribution in [2.75, 3.05) is 33.3 Å². The van der Waals surface area contributed by atoms with Crippen molar-refractivity contribution in [3.8, 4) is 5.75 Å². The van der Waals surface area contributed by atoms with Gasteiger partial charge in [0.25, 0.3) is 5.91 Å². The van der Waals surface area contributed by atoms with Gasteiger partial charge < -0.3 is 19.6 Å². The third kappa shape index (κ3) is 4.92. The lowest BCUT2D eigenvalue weighted by atomic mass is 9.55. The first kappa shape index (κ1) is 25.3. The number of fused-ring (bicyclic) bond motifs is 1. The number of likely N-dealkylation sites (tertiary alicyclic amines) is 1. The smallest absolute Gasteiger partial charge is 0.254 e. The molecule has 3 fully saturated rings. The number of piperidine rings is 1. The molecule has 0 unspecified atom stereocenters. The maximum Gasteiger partial charge on any atom is 0.254 e. The molecule has 5 nitrogen and oxygen atoms in total. The van der Waals surface area contributed by atoms with Gasteiger partial charge in [-0.25, -0.2) is 0 Å². The fourth-order valence-corrected chi connectivity index (χ4v) is 6.78. The van der Waals surface area contributed by atoms with Gasteiger partial charge >= 0.3 is 0 Å². The molecule has 5 rings (SSSR count). The number of β-amino-alcohol motifs (C(OH)–C–C–N with tert-alkyl or cyclic N) is 1. The molecular weight excluding hydrogens is 448 g/mol. The lowest BCUT2D eigenvalue weighted by molar-refractivity contribution is -0.133. The quantitative estimate of drug-likeness (QED) is 0.557. The number of hydrogen-bond acceptors (Lipinski definition) is 4. The van der Waals surface area contributed by atoms with E-state index in [1.807, 2.05) is 42.5 Å². The SMILES string of the molecule is COc1cccc([C@@]23CCN(CC4CC4)C[C@@]2(O)CC[C@@H](N(CC(C)C)C(=O)c2ccccc2)C3)c1. The van der Waals surface area contributed by atoms with Crippen molar-refractivity contribution in [1.29, 1.82) is 0 Å². The predicted molar refractivity (Wildman–Crippen MR) is 143 cm³/mol. The van der Waals surface area contributed by atoms with Crippen LogP contribution in [-0.4, -0.2) is 65.7 Å². The molecule has 1 saturated heterocycles. The Morgan fingerprint density at radius 1 is 1.11 bits per heavy atom. The van der Waals surface area contributed by atoms with Crippen LogP contribution >= 0.6 is 0 Å². The normalized spacial score (nSPS) is 28.5. The second-order valence-corrected chi connectivity index (χ2v) is 11.9. The van der Waals surface area contributed by atoms with Gasteiger partial charge in [-0.05, 0) is 86.7 Å². The molecule has 2 saturated carbocycles. The standard InChI is InChI=1S/C31H42N2O3/c1-23(2)20-33(29(34)25-8-5-4-6-9-25)27-14-15-31(35)22-32(21-24-12-13-24)17-16-30(31,19-27)26-10-7-11-28(18-26)36-3/h4-11,18,23-24,27,35H,12-17,19-22H2,1-3H3/t27-,30+,31+/m1/s1. The van der Waals surface area contributed by atoms with Gasteiger partial charge in [0.15, 0.2) is 0 Å². The van der Waals surface area contributed by atoms with Gasteiger partial charge in [-0.1, -0.05) is 44.2 Å². The highest BCUT2D eigenvalue weighted by Gasteiger charge is 2.58. The van der Waals surface area contributed by atoms with E-state index in [-0.39, 0.29) is 11.9 Å². The molecule has 1 aliphatic heterocycles. The first-order valence-corrected chi connectivity index (χ1v) is 13.8. The first-order valence-electron chi connectivity index (χ1n) is 13.8. The lowest BCUT2D eigenvalue weighted by Gasteiger charge is -2.59. The Bertz CT molecular complexity index is 1050. The van der Waals surface area contributed by atoms with Crippen molar-refractivity contribution < 1.29 is 14.6 Å². The van der Waals surface area contributed by atoms with E-state index in [1.54, 1.807) is 7.11 Å². The van der Waals surface area contributed by atoms with Gasteiger partial charge in [0.05, 0.1) is 12.7 Å². The van der Waals surface area contributed by atoms with Crippen LogP contribution in [0.3, 0.4) is 0 Å². The summed E-state index contributed by atoms with van der Waals surface area (Å²) in [5.74, 6) is 2.10. The van der Waals surface area contributed by atoms with Gasteiger partial charge in [0.1, 0.15) is 5.75 Å². The van der Waals surface area contributed by atoms with E-state index in [0.717, 1.165) is 61.7 Å². The van der Waals surface area contributed by atoms with Crippen molar-refractivity contribution in [1.82, 2.24) is 9.80 Å². The number of ether oxygens (including phenoxy) is 1. The van der Waals surface area contributed by atoms with Crippen molar-refractivity contribution >= 4 is 5.91 Å². The highest BCUT2D eigenvalue weighted by Crippen LogP contribution is 2.53. The molecule has 3 aliphatic rings. The Morgan fingerprint density at radius 2 is 1.89 bits per heavy atom. The third-order valence-electron chi connectivity index (χ3n) is 8.83. The summed E-state index contributed by atoms with van der Waals surface area (Å²) in [5.41, 5.74) is 0.671. The lowest BCUT2D eigenvalue weighted by Crippen LogP contribution is -2.67. The summed E-state index contributed by atoms with van der Waals surface area (Å²) in [6, 6.07) is 18.1. The molecule has 1 amide bonds. The van der Waals surface area contributed by atoms with Crippen LogP contribution in [0.25, 0.3) is 0 Å². The minimum absolute atomic E-state index is 0.0848. The molecule has 1 heterocycles. The molecule has 0 spiro atoms. The summed E-state index contributed by atoms with van der Waals surface area (Å²) in [4.78, 5) is 18.4. The molecule has 0 aromatic heterocycles. The van der Waals surface area contributed by atoms with E-state index in [2.05, 4.69) is 35.8 Å². The second-order valence-electron chi connectivity index (χ2n) is 11.9. The number of aliphatic hydroxyl groups is 1. The van der Waals surface area contributed by atoms with E-state index < -0.39 is 11.0 Å². The molecule has 194 valence electrons. The van der Waals surface area contributed by atoms with E-state index >= 15 is 0 Å². The number of nitrogens with zero attached hydrogens (tertiary/aromatic N) is 2. The monoisotopic (exact) mass is 490 g/mol. The van der Waals surface area contributed by atoms with Crippen molar-refractivity contribution in [3.63, 3.8) is 0 Å². The van der Waals surface area contributed by atoms with E-state index in [0.29, 0.717) is 18.9 Å². The number of hydrogen-bond donors (Lipinski definition) is 1. The molecular formula is C31H42N2O3. The Labute approximate surface area is 216 Å². The fraction of sp³-hybridized carbons (Fsp3) is 0.581. The zero-order valence-corrected chi connectivity index (χ0v) is 22.2. The second kappa shape index (κ2) is 10.2. The fourth-order valence-electron chi connectivity index (χ4n) is 6.78. The van der Waals surface area contributed by atoms with Crippen molar-refractivity contribution in [2.24, 2.45) is 11.8 Å². The average molecular weight is 491 g/mol. The summed E-state index contributed by atoms with van der Waals surface area (Å²) in [6.07, 6.45) is 5.85. The number of carbonyl (C=O) groups excluding carboxylic acids is 1. The minimum Gasteiger partial charge on any atom is -0.497 e. The zero-order chi connectivity index (χ0) is 25.3. The predicted octanol–water partition coefficient (Wildman–Crippen LogP) is 5.13. The number of methoxy groups -OCH3 is 1. The Balaban J connectivity index is 1.50. The van der Waals surface area contributed by atoms with Gasteiger partial charge in [-0.3, -0.25) is 4.79 Å². The highest BCUT2D eigenvalue weighted by atomic mass is 16.5. The summed E-state index contributed by atoms with van der Waals surface area (Å²) >= 11 is 0. The van der Waals surface area contributed by atoms with Gasteiger partial charge in [-0.15, -0.1) is 0 Å². The zero-order valence-electron chi connectivity index (χ0n) is 22.2. The Hall–Kier alpha value is -2.37. The summed E-state index contributed by atoms with van der Waals surface area (Å²) < 4.78 is 5.60. The average Bonchev–Trinajstić information content (AvgIpc) is 3.71. The van der Waals surface area contributed by atoms with Crippen LogP contribution < -0.4 is 4.74 Å². The number of rotatable bonds is 8. The van der Waals surface area contributed by atoms with Crippen molar-refractivity contribution in [3.05, 3.63) is 65.7 Å². The molecule has 2 aromatic rings. The van der Waals surface area contributed by atoms with E-state index in [9.17, 15) is 9.90 Å². The molecule has 2 aliphatic carbocycles. The topological polar surface area (TPSA) is 53.0 Å². The minimum atomic E-state index is -0.817. The van der Waals surface area contributed by atoms with Crippen LogP contribution in [0.5, 0.6) is 5.75 Å². The van der Waals surface area contributed by atoms with E-state index in [4.69, 9.17) is 4.74 Å². The summed E-state index contributed by atoms with van der Waals surface area (Å²) in [7, 11) is 1.70. The third-order valence-corrected chi connectivity index (χ3v) is 8.83. The maximum absolute atomic E-state index is 13.8. The molecule has 1 N–H and O–H groups in total. The Kier molecular flexibility index (Phi) is 7.15. The number of benzene rings is 2. The molecule has 2 aromatic carbocycles. The molecule has 36 heavy (non-hydrogen) atoms. The van der Waals surface area contributed by atoms with Gasteiger partial charge in [-0.2, -0.15) is 0 Å². The molecule has 0 bridgehead atoms. The molecule has 3 atom stereocenters. The largest absolute Gasteiger partial charge is 0.497 e. The van der Waals surface area contributed by atoms with E-state index in [1.165, 1.54) is 12.8 Å². The maximum atomic E-state index is 13.8. The van der Waals surface area contributed by atoms with Crippen LogP contribution in [0.4, 0.5) is 0 Å². The highest BCUT2D eigenvalue weighted by molar-refractivity contribution is 5.94. The summed E-state index contributed by atoms with van der Waals surface area (Å²) in [5, 5.41) is 12.4. The molecule has 5 heteroatoms. The van der Waals surface area contributed by atoms with Crippen LogP contribution in [0, 0.1) is 11.8 Å². The van der Waals surface area contributed by atoms with Gasteiger partial charge in [0, 0.05) is 36.7 Å².